The van der Waals surface area contributed by atoms with Crippen LogP contribution in [0.4, 0.5) is 0 Å². The molecule has 0 aromatic rings. The van der Waals surface area contributed by atoms with Crippen molar-refractivity contribution < 1.29 is 0 Å². The lowest BCUT2D eigenvalue weighted by Gasteiger charge is -2.24. The molecule has 0 aliphatic rings. The molecule has 1 unspecified atom stereocenters. The van der Waals surface area contributed by atoms with Gasteiger partial charge in [0.25, 0.3) is 0 Å². The summed E-state index contributed by atoms with van der Waals surface area (Å²) >= 11 is 0. The molecule has 0 rings (SSSR count). The number of hydrogen-bond donors (Lipinski definition) is 0. The Bertz CT molecular complexity index is 235. The second-order valence-electron chi connectivity index (χ2n) is 8.77. The molecule has 1 nitrogen and oxygen atoms in total. The van der Waals surface area contributed by atoms with Gasteiger partial charge in [0.1, 0.15) is 0 Å². The van der Waals surface area contributed by atoms with Crippen molar-refractivity contribution in [2.75, 3.05) is 19.6 Å². The van der Waals surface area contributed by atoms with Crippen molar-refractivity contribution in [1.29, 1.82) is 0 Å². The highest BCUT2D eigenvalue weighted by molar-refractivity contribution is 4.63. The van der Waals surface area contributed by atoms with E-state index in [1.54, 1.807) is 0 Å². The summed E-state index contributed by atoms with van der Waals surface area (Å²) in [5.74, 6) is 0.915. The third kappa shape index (κ3) is 18.7. The topological polar surface area (TPSA) is 3.24 Å². The Morgan fingerprint density at radius 1 is 0.462 bits per heavy atom. The molecule has 0 N–H and O–H groups in total. The molecule has 0 aliphatic carbocycles. The number of rotatable bonds is 21. The van der Waals surface area contributed by atoms with Gasteiger partial charge >= 0.3 is 0 Å². The van der Waals surface area contributed by atoms with Crippen LogP contribution in [-0.2, 0) is 0 Å². The Hall–Kier alpha value is -0.0400. The fourth-order valence-corrected chi connectivity index (χ4v) is 3.86. The Kier molecular flexibility index (Phi) is 21.2. The van der Waals surface area contributed by atoms with E-state index in [1.165, 1.54) is 129 Å². The highest BCUT2D eigenvalue weighted by Gasteiger charge is 2.08. The van der Waals surface area contributed by atoms with Crippen LogP contribution in [-0.4, -0.2) is 24.5 Å². The predicted molar refractivity (Wildman–Crippen MR) is 121 cm³/mol. The smallest absolute Gasteiger partial charge is 0.00162 e. The van der Waals surface area contributed by atoms with E-state index < -0.39 is 0 Å². The first kappa shape index (κ1) is 26.0. The molecule has 0 heterocycles. The molecule has 0 bridgehead atoms. The predicted octanol–water partition coefficient (Wildman–Crippen LogP) is 8.62. The van der Waals surface area contributed by atoms with Gasteiger partial charge in [-0.2, -0.15) is 0 Å². The second kappa shape index (κ2) is 21.3. The molecular weight excluding hydrogens is 314 g/mol. The monoisotopic (exact) mass is 367 g/mol. The van der Waals surface area contributed by atoms with E-state index in [2.05, 4.69) is 32.6 Å². The summed E-state index contributed by atoms with van der Waals surface area (Å²) in [4.78, 5) is 2.80. The van der Waals surface area contributed by atoms with Gasteiger partial charge in [-0.15, -0.1) is 0 Å². The van der Waals surface area contributed by atoms with E-state index in [9.17, 15) is 0 Å². The van der Waals surface area contributed by atoms with Gasteiger partial charge in [0, 0.05) is 0 Å². The maximum Gasteiger partial charge on any atom is -0.00162 e. The highest BCUT2D eigenvalue weighted by atomic mass is 15.1. The lowest BCUT2D eigenvalue weighted by atomic mass is 9.99. The molecule has 0 saturated heterocycles. The fourth-order valence-electron chi connectivity index (χ4n) is 3.86. The first-order valence-electron chi connectivity index (χ1n) is 12.5. The van der Waals surface area contributed by atoms with Crippen molar-refractivity contribution in [3.63, 3.8) is 0 Å². The molecule has 0 amide bonds. The van der Waals surface area contributed by atoms with Gasteiger partial charge < -0.3 is 4.90 Å². The molecule has 1 heteroatoms. The van der Waals surface area contributed by atoms with E-state index in [4.69, 9.17) is 0 Å². The summed E-state index contributed by atoms with van der Waals surface area (Å²) in [5.41, 5.74) is 0. The summed E-state index contributed by atoms with van der Waals surface area (Å²) in [6.45, 7) is 13.5. The third-order valence-corrected chi connectivity index (χ3v) is 5.89. The lowest BCUT2D eigenvalue weighted by Crippen LogP contribution is -2.28. The maximum absolute atomic E-state index is 2.80. The molecule has 0 aliphatic heterocycles. The number of unbranched alkanes of at least 4 members (excludes halogenated alkanes) is 12. The van der Waals surface area contributed by atoms with Gasteiger partial charge in [-0.25, -0.2) is 0 Å². The maximum atomic E-state index is 2.80. The zero-order valence-electron chi connectivity index (χ0n) is 19.2. The van der Waals surface area contributed by atoms with Gasteiger partial charge in [0.15, 0.2) is 0 Å². The normalized spacial score (nSPS) is 12.8. The summed E-state index contributed by atoms with van der Waals surface area (Å²) in [7, 11) is 0. The largest absolute Gasteiger partial charge is 0.303 e. The van der Waals surface area contributed by atoms with E-state index in [-0.39, 0.29) is 0 Å². The molecule has 158 valence electrons. The molecule has 0 radical (unpaired) electrons. The van der Waals surface area contributed by atoms with Crippen LogP contribution in [0.1, 0.15) is 137 Å². The highest BCUT2D eigenvalue weighted by Crippen LogP contribution is 2.15. The van der Waals surface area contributed by atoms with Crippen LogP contribution >= 0.6 is 0 Å². The van der Waals surface area contributed by atoms with Gasteiger partial charge in [-0.1, -0.05) is 118 Å². The van der Waals surface area contributed by atoms with Crippen molar-refractivity contribution in [2.24, 2.45) is 5.92 Å². The Morgan fingerprint density at radius 2 is 0.885 bits per heavy atom. The second-order valence-corrected chi connectivity index (χ2v) is 8.77. The first-order valence-corrected chi connectivity index (χ1v) is 12.5. The number of hydrogen-bond acceptors (Lipinski definition) is 1. The van der Waals surface area contributed by atoms with Crippen LogP contribution in [0.5, 0.6) is 0 Å². The van der Waals surface area contributed by atoms with Crippen molar-refractivity contribution in [3.05, 3.63) is 0 Å². The van der Waals surface area contributed by atoms with E-state index >= 15 is 0 Å². The lowest BCUT2D eigenvalue weighted by molar-refractivity contribution is 0.239. The first-order chi connectivity index (χ1) is 12.7. The molecular formula is C25H53N. The Labute approximate surface area is 167 Å². The Balaban J connectivity index is 3.94. The average molecular weight is 368 g/mol. The Morgan fingerprint density at radius 3 is 1.38 bits per heavy atom. The molecule has 0 aromatic heterocycles. The van der Waals surface area contributed by atoms with Crippen molar-refractivity contribution in [3.8, 4) is 0 Å². The van der Waals surface area contributed by atoms with Crippen LogP contribution in [0.2, 0.25) is 0 Å². The number of nitrogens with zero attached hydrogens (tertiary/aromatic N) is 1. The molecule has 0 saturated carbocycles. The molecule has 0 fully saturated rings. The summed E-state index contributed by atoms with van der Waals surface area (Å²) in [5, 5.41) is 0. The van der Waals surface area contributed by atoms with Gasteiger partial charge in [-0.05, 0) is 44.8 Å². The van der Waals surface area contributed by atoms with Crippen molar-refractivity contribution in [1.82, 2.24) is 4.90 Å². The van der Waals surface area contributed by atoms with Crippen LogP contribution in [0.25, 0.3) is 0 Å². The summed E-state index contributed by atoms with van der Waals surface area (Å²) in [6, 6.07) is 0. The minimum absolute atomic E-state index is 0.915. The molecule has 26 heavy (non-hydrogen) atoms. The summed E-state index contributed by atoms with van der Waals surface area (Å²) in [6.07, 6.45) is 24.2. The fraction of sp³-hybridized carbons (Fsp3) is 1.00. The minimum atomic E-state index is 0.915. The van der Waals surface area contributed by atoms with Gasteiger partial charge in [0.05, 0.1) is 0 Å². The van der Waals surface area contributed by atoms with Crippen molar-refractivity contribution >= 4 is 0 Å². The van der Waals surface area contributed by atoms with Gasteiger partial charge in [0.2, 0.25) is 0 Å². The zero-order valence-corrected chi connectivity index (χ0v) is 19.2. The van der Waals surface area contributed by atoms with E-state index in [0.717, 1.165) is 5.92 Å². The van der Waals surface area contributed by atoms with Gasteiger partial charge in [-0.3, -0.25) is 0 Å². The quantitative estimate of drug-likeness (QED) is 0.183. The molecule has 0 aromatic carbocycles. The average Bonchev–Trinajstić information content (AvgIpc) is 2.64. The standard InChI is InChI=1S/C25H53N/c1-5-8-11-13-15-18-22-26(23-19-16-14-12-9-6-2)24-21-25(4)20-17-10-7-3/h25H,5-24H2,1-4H3. The van der Waals surface area contributed by atoms with Crippen molar-refractivity contribution in [2.45, 2.75) is 137 Å². The van der Waals surface area contributed by atoms with E-state index in [0.29, 0.717) is 0 Å². The third-order valence-electron chi connectivity index (χ3n) is 5.89. The van der Waals surface area contributed by atoms with Crippen LogP contribution in [0.3, 0.4) is 0 Å². The molecule has 0 spiro atoms. The van der Waals surface area contributed by atoms with Crippen LogP contribution in [0.15, 0.2) is 0 Å². The molecule has 1 atom stereocenters. The zero-order chi connectivity index (χ0) is 19.3. The SMILES string of the molecule is CCCCCCCCN(CCCCCCCC)CCC(C)CCCCC. The van der Waals surface area contributed by atoms with Crippen LogP contribution < -0.4 is 0 Å². The van der Waals surface area contributed by atoms with E-state index in [1.807, 2.05) is 0 Å². The minimum Gasteiger partial charge on any atom is -0.303 e. The summed E-state index contributed by atoms with van der Waals surface area (Å²) < 4.78 is 0. The van der Waals surface area contributed by atoms with Crippen LogP contribution in [0, 0.1) is 5.92 Å².